The van der Waals surface area contributed by atoms with Gasteiger partial charge in [0, 0.05) is 52.1 Å². The number of fused-ring (bicyclic) bond motifs is 1. The van der Waals surface area contributed by atoms with Crippen LogP contribution < -0.4 is 5.32 Å². The summed E-state index contributed by atoms with van der Waals surface area (Å²) in [4.78, 5) is 40.9. The third-order valence-corrected chi connectivity index (χ3v) is 8.05. The molecule has 4 rings (SSSR count). The number of urea groups is 1. The van der Waals surface area contributed by atoms with Gasteiger partial charge in [-0.05, 0) is 43.7 Å². The van der Waals surface area contributed by atoms with Crippen molar-refractivity contribution in [3.05, 3.63) is 59.2 Å². The first-order valence-electron chi connectivity index (χ1n) is 11.3. The molecular formula is C24H28N4O6S. The molecule has 4 amide bonds. The van der Waals surface area contributed by atoms with Gasteiger partial charge in [0.25, 0.3) is 11.8 Å². The van der Waals surface area contributed by atoms with E-state index in [2.05, 4.69) is 5.32 Å². The SMILES string of the molecule is COCCCN1C(=O)c2ccc(NC(=O)N3CCN(S(=O)(=O)c4ccc(C)cc4)CC3)cc2C1=O. The van der Waals surface area contributed by atoms with Crippen molar-refractivity contribution in [2.24, 2.45) is 0 Å². The Kier molecular flexibility index (Phi) is 7.20. The van der Waals surface area contributed by atoms with Gasteiger partial charge in [0.05, 0.1) is 16.0 Å². The van der Waals surface area contributed by atoms with Crippen molar-refractivity contribution in [1.29, 1.82) is 0 Å². The van der Waals surface area contributed by atoms with Crippen molar-refractivity contribution in [2.45, 2.75) is 18.2 Å². The van der Waals surface area contributed by atoms with Gasteiger partial charge >= 0.3 is 6.03 Å². The summed E-state index contributed by atoms with van der Waals surface area (Å²) in [6.45, 7) is 3.40. The Labute approximate surface area is 204 Å². The van der Waals surface area contributed by atoms with E-state index in [1.807, 2.05) is 6.92 Å². The number of carbonyl (C=O) groups is 3. The summed E-state index contributed by atoms with van der Waals surface area (Å²) in [5.41, 5.74) is 1.92. The first-order valence-corrected chi connectivity index (χ1v) is 12.8. The molecule has 1 saturated heterocycles. The molecule has 0 bridgehead atoms. The van der Waals surface area contributed by atoms with Crippen LogP contribution in [0.5, 0.6) is 0 Å². The Morgan fingerprint density at radius 1 is 0.971 bits per heavy atom. The minimum Gasteiger partial charge on any atom is -0.385 e. The van der Waals surface area contributed by atoms with E-state index in [4.69, 9.17) is 4.74 Å². The van der Waals surface area contributed by atoms with E-state index in [-0.39, 0.29) is 49.1 Å². The number of rotatable bonds is 7. The van der Waals surface area contributed by atoms with E-state index in [1.54, 1.807) is 37.4 Å². The maximum atomic E-state index is 12.9. The maximum Gasteiger partial charge on any atom is 0.321 e. The minimum absolute atomic E-state index is 0.178. The Morgan fingerprint density at radius 3 is 2.29 bits per heavy atom. The van der Waals surface area contributed by atoms with Gasteiger partial charge in [0.2, 0.25) is 10.0 Å². The number of anilines is 1. The Hall–Kier alpha value is -3.28. The van der Waals surface area contributed by atoms with Crippen molar-refractivity contribution in [1.82, 2.24) is 14.1 Å². The molecule has 186 valence electrons. The molecule has 2 heterocycles. The zero-order chi connectivity index (χ0) is 25.2. The highest BCUT2D eigenvalue weighted by molar-refractivity contribution is 7.89. The average Bonchev–Trinajstić information content (AvgIpc) is 3.09. The summed E-state index contributed by atoms with van der Waals surface area (Å²) >= 11 is 0. The van der Waals surface area contributed by atoms with Gasteiger partial charge in [0.1, 0.15) is 0 Å². The molecule has 0 spiro atoms. The van der Waals surface area contributed by atoms with Gasteiger partial charge in [0.15, 0.2) is 0 Å². The number of aryl methyl sites for hydroxylation is 1. The molecule has 35 heavy (non-hydrogen) atoms. The number of benzene rings is 2. The zero-order valence-electron chi connectivity index (χ0n) is 19.7. The highest BCUT2D eigenvalue weighted by Crippen LogP contribution is 2.26. The fourth-order valence-electron chi connectivity index (χ4n) is 4.13. The van der Waals surface area contributed by atoms with Crippen LogP contribution >= 0.6 is 0 Å². The van der Waals surface area contributed by atoms with Crippen LogP contribution in [0.4, 0.5) is 10.5 Å². The number of carbonyl (C=O) groups excluding carboxylic acids is 3. The lowest BCUT2D eigenvalue weighted by atomic mass is 10.1. The number of ether oxygens (including phenoxy) is 1. The minimum atomic E-state index is -3.63. The summed E-state index contributed by atoms with van der Waals surface area (Å²) in [7, 11) is -2.07. The van der Waals surface area contributed by atoms with E-state index in [1.165, 1.54) is 26.2 Å². The van der Waals surface area contributed by atoms with Crippen molar-refractivity contribution in [3.8, 4) is 0 Å². The number of methoxy groups -OCH3 is 1. The van der Waals surface area contributed by atoms with Gasteiger partial charge in [-0.3, -0.25) is 14.5 Å². The van der Waals surface area contributed by atoms with Crippen LogP contribution in [0.1, 0.15) is 32.7 Å². The molecule has 2 aromatic carbocycles. The second-order valence-electron chi connectivity index (χ2n) is 8.50. The smallest absolute Gasteiger partial charge is 0.321 e. The van der Waals surface area contributed by atoms with E-state index in [0.717, 1.165) is 5.56 Å². The number of hydrogen-bond acceptors (Lipinski definition) is 6. The van der Waals surface area contributed by atoms with Gasteiger partial charge in [-0.1, -0.05) is 17.7 Å². The standard InChI is InChI=1S/C24H28N4O6S/c1-17-4-7-19(8-5-17)35(32,33)27-13-11-26(12-14-27)24(31)25-18-6-9-20-21(16-18)23(30)28(22(20)29)10-3-15-34-2/h4-9,16H,3,10-15H2,1-2H3,(H,25,31). The van der Waals surface area contributed by atoms with Gasteiger partial charge in [-0.25, -0.2) is 13.2 Å². The van der Waals surface area contributed by atoms with Crippen LogP contribution in [0.2, 0.25) is 0 Å². The molecule has 1 N–H and O–H groups in total. The lowest BCUT2D eigenvalue weighted by Crippen LogP contribution is -2.51. The number of piperazine rings is 1. The normalized spacial score (nSPS) is 16.5. The summed E-state index contributed by atoms with van der Waals surface area (Å²) in [6, 6.07) is 10.9. The van der Waals surface area contributed by atoms with Crippen molar-refractivity contribution in [2.75, 3.05) is 51.8 Å². The summed E-state index contributed by atoms with van der Waals surface area (Å²) in [5, 5.41) is 2.75. The largest absolute Gasteiger partial charge is 0.385 e. The molecule has 2 aliphatic heterocycles. The van der Waals surface area contributed by atoms with E-state index >= 15 is 0 Å². The lowest BCUT2D eigenvalue weighted by molar-refractivity contribution is 0.0638. The summed E-state index contributed by atoms with van der Waals surface area (Å²) < 4.78 is 32.1. The van der Waals surface area contributed by atoms with E-state index in [9.17, 15) is 22.8 Å². The van der Waals surface area contributed by atoms with Crippen LogP contribution in [0.25, 0.3) is 0 Å². The number of imide groups is 1. The van der Waals surface area contributed by atoms with Crippen LogP contribution in [-0.4, -0.2) is 86.8 Å². The monoisotopic (exact) mass is 500 g/mol. The molecule has 0 atom stereocenters. The third kappa shape index (κ3) is 5.07. The highest BCUT2D eigenvalue weighted by atomic mass is 32.2. The quantitative estimate of drug-likeness (QED) is 0.460. The molecule has 0 aromatic heterocycles. The summed E-state index contributed by atoms with van der Waals surface area (Å²) in [5.74, 6) is -0.753. The maximum absolute atomic E-state index is 12.9. The van der Waals surface area contributed by atoms with Gasteiger partial charge in [-0.2, -0.15) is 4.31 Å². The number of nitrogens with one attached hydrogen (secondary N) is 1. The Bertz CT molecular complexity index is 1240. The van der Waals surface area contributed by atoms with Crippen molar-refractivity contribution >= 4 is 33.6 Å². The molecule has 11 heteroatoms. The molecule has 2 aromatic rings. The topological polar surface area (TPSA) is 116 Å². The molecule has 0 aliphatic carbocycles. The van der Waals surface area contributed by atoms with E-state index in [0.29, 0.717) is 24.3 Å². The van der Waals surface area contributed by atoms with Gasteiger partial charge in [-0.15, -0.1) is 0 Å². The van der Waals surface area contributed by atoms with Crippen molar-refractivity contribution in [3.63, 3.8) is 0 Å². The summed E-state index contributed by atoms with van der Waals surface area (Å²) in [6.07, 6.45) is 0.539. The predicted molar refractivity (Wildman–Crippen MR) is 129 cm³/mol. The molecule has 1 fully saturated rings. The molecule has 2 aliphatic rings. The van der Waals surface area contributed by atoms with Crippen LogP contribution in [0.15, 0.2) is 47.4 Å². The number of hydrogen-bond donors (Lipinski definition) is 1. The second-order valence-corrected chi connectivity index (χ2v) is 10.4. The Balaban J connectivity index is 1.37. The molecule has 0 unspecified atom stereocenters. The fourth-order valence-corrected chi connectivity index (χ4v) is 5.55. The Morgan fingerprint density at radius 2 is 1.63 bits per heavy atom. The lowest BCUT2D eigenvalue weighted by Gasteiger charge is -2.34. The fraction of sp³-hybridized carbons (Fsp3) is 0.375. The second kappa shape index (κ2) is 10.1. The number of sulfonamides is 1. The molecule has 0 radical (unpaired) electrons. The van der Waals surface area contributed by atoms with Crippen LogP contribution in [0, 0.1) is 6.92 Å². The third-order valence-electron chi connectivity index (χ3n) is 6.14. The van der Waals surface area contributed by atoms with Crippen LogP contribution in [-0.2, 0) is 14.8 Å². The van der Waals surface area contributed by atoms with E-state index < -0.39 is 22.0 Å². The van der Waals surface area contributed by atoms with Crippen LogP contribution in [0.3, 0.4) is 0 Å². The number of nitrogens with zero attached hydrogens (tertiary/aromatic N) is 3. The first-order chi connectivity index (χ1) is 16.7. The number of amides is 4. The molecule has 0 saturated carbocycles. The predicted octanol–water partition coefficient (Wildman–Crippen LogP) is 2.17. The van der Waals surface area contributed by atoms with Gasteiger partial charge < -0.3 is 15.0 Å². The highest BCUT2D eigenvalue weighted by Gasteiger charge is 2.35. The first kappa shape index (κ1) is 24.8. The zero-order valence-corrected chi connectivity index (χ0v) is 20.5. The molecule has 10 nitrogen and oxygen atoms in total. The molecular weight excluding hydrogens is 472 g/mol. The average molecular weight is 501 g/mol. The van der Waals surface area contributed by atoms with Crippen molar-refractivity contribution < 1.29 is 27.5 Å².